The van der Waals surface area contributed by atoms with E-state index in [1.807, 2.05) is 37.3 Å². The van der Waals surface area contributed by atoms with Crippen LogP contribution in [0.1, 0.15) is 31.9 Å². The van der Waals surface area contributed by atoms with Gasteiger partial charge in [-0.1, -0.05) is 30.3 Å². The molecule has 2 N–H and O–H groups in total. The zero-order valence-electron chi connectivity index (χ0n) is 13.1. The van der Waals surface area contributed by atoms with Gasteiger partial charge in [-0.2, -0.15) is 0 Å². The number of benzene rings is 1. The highest BCUT2D eigenvalue weighted by Gasteiger charge is 2.50. The predicted octanol–water partition coefficient (Wildman–Crippen LogP) is 2.02. The van der Waals surface area contributed by atoms with Crippen molar-refractivity contribution in [2.75, 3.05) is 13.7 Å². The fraction of sp³-hybridized carbons (Fsp3) is 0.500. The lowest BCUT2D eigenvalue weighted by Gasteiger charge is -2.32. The van der Waals surface area contributed by atoms with Gasteiger partial charge in [0.15, 0.2) is 0 Å². The normalized spacial score (nSPS) is 25.8. The van der Waals surface area contributed by atoms with Crippen molar-refractivity contribution in [3.8, 4) is 0 Å². The van der Waals surface area contributed by atoms with Crippen LogP contribution >= 0.6 is 0 Å². The summed E-state index contributed by atoms with van der Waals surface area (Å²) < 4.78 is 5.24. The lowest BCUT2D eigenvalue weighted by Crippen LogP contribution is -2.54. The first-order valence-electron chi connectivity index (χ1n) is 7.27. The highest BCUT2D eigenvalue weighted by molar-refractivity contribution is 5.87. The third kappa shape index (κ3) is 3.06. The Morgan fingerprint density at radius 2 is 2.05 bits per heavy atom. The highest BCUT2D eigenvalue weighted by Crippen LogP contribution is 2.31. The Hall–Kier alpha value is -2.08. The minimum absolute atomic E-state index is 0.201. The number of aliphatic carboxylic acids is 1. The number of nitrogens with one attached hydrogen (secondary N) is 1. The third-order valence-electron chi connectivity index (χ3n) is 4.29. The number of ether oxygens (including phenoxy) is 1. The van der Waals surface area contributed by atoms with E-state index in [0.29, 0.717) is 0 Å². The largest absolute Gasteiger partial charge is 0.480 e. The monoisotopic (exact) mass is 306 g/mol. The van der Waals surface area contributed by atoms with Gasteiger partial charge in [0.2, 0.25) is 0 Å². The van der Waals surface area contributed by atoms with Gasteiger partial charge in [-0.3, -0.25) is 0 Å². The molecular weight excluding hydrogens is 284 g/mol. The lowest BCUT2D eigenvalue weighted by atomic mass is 9.98. The number of amides is 2. The molecule has 1 fully saturated rings. The highest BCUT2D eigenvalue weighted by atomic mass is 16.5. The van der Waals surface area contributed by atoms with Crippen LogP contribution in [0.4, 0.5) is 4.79 Å². The van der Waals surface area contributed by atoms with Gasteiger partial charge in [0, 0.05) is 20.1 Å². The molecule has 2 amide bonds. The molecule has 1 aromatic rings. The standard InChI is InChI=1S/C16H22N2O4/c1-11(12-7-5-4-6-8-12)17-15(21)18-10-13(22-3)9-16(18,2)14(19)20/h4-8,11,13H,9-10H2,1-3H3,(H,17,21)(H,19,20)/t11-,13?,16?/m1/s1. The van der Waals surface area contributed by atoms with Crippen LogP contribution in [0.5, 0.6) is 0 Å². The second-order valence-electron chi connectivity index (χ2n) is 5.83. The summed E-state index contributed by atoms with van der Waals surface area (Å²) in [6, 6.07) is 8.95. The SMILES string of the molecule is COC1CN(C(=O)N[C@H](C)c2ccccc2)C(C)(C(=O)O)C1. The zero-order valence-corrected chi connectivity index (χ0v) is 13.1. The number of carboxylic acids is 1. The number of carbonyl (C=O) groups excluding carboxylic acids is 1. The molecule has 1 saturated heterocycles. The predicted molar refractivity (Wildman–Crippen MR) is 81.5 cm³/mol. The van der Waals surface area contributed by atoms with Crippen molar-refractivity contribution in [3.63, 3.8) is 0 Å². The fourth-order valence-electron chi connectivity index (χ4n) is 2.78. The second kappa shape index (κ2) is 6.36. The molecule has 0 saturated carbocycles. The second-order valence-corrected chi connectivity index (χ2v) is 5.83. The molecule has 1 aliphatic rings. The first kappa shape index (κ1) is 16.3. The molecule has 0 radical (unpaired) electrons. The quantitative estimate of drug-likeness (QED) is 0.892. The first-order valence-corrected chi connectivity index (χ1v) is 7.27. The molecule has 22 heavy (non-hydrogen) atoms. The van der Waals surface area contributed by atoms with Crippen LogP contribution in [0, 0.1) is 0 Å². The topological polar surface area (TPSA) is 78.9 Å². The van der Waals surface area contributed by atoms with Gasteiger partial charge in [-0.25, -0.2) is 9.59 Å². The van der Waals surface area contributed by atoms with Crippen molar-refractivity contribution >= 4 is 12.0 Å². The smallest absolute Gasteiger partial charge is 0.329 e. The molecule has 6 nitrogen and oxygen atoms in total. The number of methoxy groups -OCH3 is 1. The van der Waals surface area contributed by atoms with E-state index in [1.165, 1.54) is 12.0 Å². The van der Waals surface area contributed by atoms with E-state index in [9.17, 15) is 14.7 Å². The molecular formula is C16H22N2O4. The first-order chi connectivity index (χ1) is 10.4. The van der Waals surface area contributed by atoms with Gasteiger partial charge in [0.1, 0.15) is 5.54 Å². The Balaban J connectivity index is 2.12. The molecule has 3 atom stereocenters. The van der Waals surface area contributed by atoms with E-state index in [-0.39, 0.29) is 31.1 Å². The molecule has 2 unspecified atom stereocenters. The van der Waals surface area contributed by atoms with E-state index in [2.05, 4.69) is 5.32 Å². The van der Waals surface area contributed by atoms with Crippen molar-refractivity contribution in [3.05, 3.63) is 35.9 Å². The van der Waals surface area contributed by atoms with Gasteiger partial charge in [0.25, 0.3) is 0 Å². The molecule has 1 aliphatic heterocycles. The number of urea groups is 1. The van der Waals surface area contributed by atoms with Gasteiger partial charge in [-0.05, 0) is 19.4 Å². The van der Waals surface area contributed by atoms with E-state index < -0.39 is 11.5 Å². The maximum absolute atomic E-state index is 12.5. The van der Waals surface area contributed by atoms with E-state index >= 15 is 0 Å². The summed E-state index contributed by atoms with van der Waals surface area (Å²) in [4.78, 5) is 25.4. The maximum Gasteiger partial charge on any atom is 0.329 e. The van der Waals surface area contributed by atoms with Crippen molar-refractivity contribution in [2.24, 2.45) is 0 Å². The Morgan fingerprint density at radius 3 is 2.59 bits per heavy atom. The summed E-state index contributed by atoms with van der Waals surface area (Å²) >= 11 is 0. The van der Waals surface area contributed by atoms with E-state index in [0.717, 1.165) is 5.56 Å². The van der Waals surface area contributed by atoms with Crippen LogP contribution in [0.3, 0.4) is 0 Å². The van der Waals surface area contributed by atoms with Crippen molar-refractivity contribution in [2.45, 2.75) is 38.0 Å². The Kier molecular flexibility index (Phi) is 4.71. The summed E-state index contributed by atoms with van der Waals surface area (Å²) in [6.07, 6.45) is 0.0188. The van der Waals surface area contributed by atoms with Crippen LogP contribution in [-0.2, 0) is 9.53 Å². The maximum atomic E-state index is 12.5. The molecule has 1 aromatic carbocycles. The molecule has 1 heterocycles. The number of likely N-dealkylation sites (tertiary alicyclic amines) is 1. The number of nitrogens with zero attached hydrogens (tertiary/aromatic N) is 1. The van der Waals surface area contributed by atoms with Crippen LogP contribution in [0.15, 0.2) is 30.3 Å². The summed E-state index contributed by atoms with van der Waals surface area (Å²) in [5, 5.41) is 12.3. The number of carbonyl (C=O) groups is 2. The molecule has 120 valence electrons. The van der Waals surface area contributed by atoms with E-state index in [4.69, 9.17) is 4.74 Å². The van der Waals surface area contributed by atoms with Gasteiger partial charge < -0.3 is 20.1 Å². The third-order valence-corrected chi connectivity index (χ3v) is 4.29. The fourth-order valence-corrected chi connectivity index (χ4v) is 2.78. The van der Waals surface area contributed by atoms with Crippen LogP contribution in [0.2, 0.25) is 0 Å². The summed E-state index contributed by atoms with van der Waals surface area (Å²) in [6.45, 7) is 3.70. The molecule has 0 aromatic heterocycles. The zero-order chi connectivity index (χ0) is 16.3. The van der Waals surface area contributed by atoms with Crippen molar-refractivity contribution < 1.29 is 19.4 Å². The minimum atomic E-state index is -1.25. The van der Waals surface area contributed by atoms with Gasteiger partial charge in [0.05, 0.1) is 12.1 Å². The van der Waals surface area contributed by atoms with Gasteiger partial charge in [-0.15, -0.1) is 0 Å². The molecule has 0 bridgehead atoms. The molecule has 0 spiro atoms. The summed E-state index contributed by atoms with van der Waals surface area (Å²) in [5.74, 6) is -1.02. The number of carboxylic acid groups (broad SMARTS) is 1. The molecule has 6 heteroatoms. The minimum Gasteiger partial charge on any atom is -0.480 e. The number of hydrogen-bond acceptors (Lipinski definition) is 3. The Labute approximate surface area is 130 Å². The summed E-state index contributed by atoms with van der Waals surface area (Å²) in [5.41, 5.74) is -0.281. The lowest BCUT2D eigenvalue weighted by molar-refractivity contribution is -0.147. The van der Waals surface area contributed by atoms with Crippen LogP contribution in [0.25, 0.3) is 0 Å². The van der Waals surface area contributed by atoms with Gasteiger partial charge >= 0.3 is 12.0 Å². The van der Waals surface area contributed by atoms with Crippen LogP contribution in [-0.4, -0.2) is 47.3 Å². The number of hydrogen-bond donors (Lipinski definition) is 2. The Bertz CT molecular complexity index is 548. The van der Waals surface area contributed by atoms with Crippen molar-refractivity contribution in [1.82, 2.24) is 10.2 Å². The number of rotatable bonds is 4. The molecule has 0 aliphatic carbocycles. The average Bonchev–Trinajstić information content (AvgIpc) is 2.87. The van der Waals surface area contributed by atoms with Crippen LogP contribution < -0.4 is 5.32 Å². The average molecular weight is 306 g/mol. The summed E-state index contributed by atoms with van der Waals surface area (Å²) in [7, 11) is 1.53. The van der Waals surface area contributed by atoms with E-state index in [1.54, 1.807) is 6.92 Å². The molecule has 2 rings (SSSR count). The van der Waals surface area contributed by atoms with Crippen molar-refractivity contribution in [1.29, 1.82) is 0 Å². The Morgan fingerprint density at radius 1 is 1.41 bits per heavy atom.